The van der Waals surface area contributed by atoms with Gasteiger partial charge in [0.15, 0.2) is 0 Å². The van der Waals surface area contributed by atoms with Crippen LogP contribution in [0.4, 0.5) is 18.9 Å². The lowest BCUT2D eigenvalue weighted by molar-refractivity contribution is -0.389. The van der Waals surface area contributed by atoms with E-state index in [9.17, 15) is 23.3 Å². The van der Waals surface area contributed by atoms with Gasteiger partial charge in [0.25, 0.3) is 0 Å². The van der Waals surface area contributed by atoms with Gasteiger partial charge in [-0.05, 0) is 29.5 Å². The lowest BCUT2D eigenvalue weighted by atomic mass is 10.3. The van der Waals surface area contributed by atoms with E-state index in [1.54, 1.807) is 0 Å². The van der Waals surface area contributed by atoms with Gasteiger partial charge in [-0.15, -0.1) is 13.2 Å². The zero-order valence-electron chi connectivity index (χ0n) is 7.71. The van der Waals surface area contributed by atoms with Gasteiger partial charge in [-0.1, -0.05) is 0 Å². The van der Waals surface area contributed by atoms with Crippen molar-refractivity contribution in [3.05, 3.63) is 25.6 Å². The van der Waals surface area contributed by atoms with Gasteiger partial charge < -0.3 is 4.74 Å². The molecule has 1 aromatic heterocycles. The number of hydrogen-bond acceptors (Lipinski definition) is 4. The summed E-state index contributed by atoms with van der Waals surface area (Å²) in [5.41, 5.74) is -0.585. The number of pyridine rings is 1. The van der Waals surface area contributed by atoms with Crippen molar-refractivity contribution in [1.29, 1.82) is 0 Å². The number of halogens is 4. The maximum atomic E-state index is 12.0. The van der Waals surface area contributed by atoms with Gasteiger partial charge in [0, 0.05) is 0 Å². The lowest BCUT2D eigenvalue weighted by Gasteiger charge is -2.11. The van der Waals surface area contributed by atoms with Gasteiger partial charge in [0.2, 0.25) is 5.75 Å². The Bertz CT molecular complexity index is 436. The highest BCUT2D eigenvalue weighted by Gasteiger charge is 2.36. The smallest absolute Gasteiger partial charge is 0.397 e. The number of nitro groups is 1. The van der Waals surface area contributed by atoms with E-state index in [2.05, 4.69) is 9.72 Å². The van der Waals surface area contributed by atoms with E-state index < -0.39 is 22.7 Å². The first-order chi connectivity index (χ1) is 7.22. The second kappa shape index (κ2) is 4.39. The normalized spacial score (nSPS) is 11.3. The molecular weight excluding hydrogens is 344 g/mol. The Kier molecular flexibility index (Phi) is 3.55. The van der Waals surface area contributed by atoms with Crippen molar-refractivity contribution < 1.29 is 22.8 Å². The molecule has 1 rings (SSSR count). The number of aromatic nitrogens is 1. The van der Waals surface area contributed by atoms with Crippen molar-refractivity contribution in [2.75, 3.05) is 0 Å². The fourth-order valence-electron chi connectivity index (χ4n) is 0.893. The fourth-order valence-corrected chi connectivity index (χ4v) is 1.42. The van der Waals surface area contributed by atoms with Gasteiger partial charge in [0.05, 0.1) is 14.2 Å². The number of nitrogens with zero attached hydrogens (tertiary/aromatic N) is 2. The van der Waals surface area contributed by atoms with Crippen LogP contribution in [0.2, 0.25) is 0 Å². The summed E-state index contributed by atoms with van der Waals surface area (Å²) >= 11 is 1.51. The second-order valence-corrected chi connectivity index (χ2v) is 3.76. The van der Waals surface area contributed by atoms with Crippen LogP contribution in [0.1, 0.15) is 5.69 Å². The van der Waals surface area contributed by atoms with E-state index in [1.165, 1.54) is 29.5 Å². The molecule has 0 aliphatic rings. The fraction of sp³-hybridized carbons (Fsp3) is 0.286. The van der Waals surface area contributed by atoms with Crippen LogP contribution in [0.15, 0.2) is 6.20 Å². The zero-order valence-corrected chi connectivity index (χ0v) is 9.87. The molecule has 1 aromatic rings. The molecule has 0 aliphatic heterocycles. The van der Waals surface area contributed by atoms with Gasteiger partial charge >= 0.3 is 12.0 Å². The molecule has 0 radical (unpaired) electrons. The predicted octanol–water partition coefficient (Wildman–Crippen LogP) is 2.80. The summed E-state index contributed by atoms with van der Waals surface area (Å²) < 4.78 is 39.7. The molecule has 0 amide bonds. The summed E-state index contributed by atoms with van der Waals surface area (Å²) in [5, 5.41) is 10.5. The first-order valence-corrected chi connectivity index (χ1v) is 4.85. The number of hydrogen-bond donors (Lipinski definition) is 0. The average Bonchev–Trinajstić information content (AvgIpc) is 2.10. The molecule has 0 fully saturated rings. The minimum absolute atomic E-state index is 0.0378. The first kappa shape index (κ1) is 12.9. The van der Waals surface area contributed by atoms with Gasteiger partial charge in [0.1, 0.15) is 6.20 Å². The molecule has 0 atom stereocenters. The third kappa shape index (κ3) is 2.93. The minimum Gasteiger partial charge on any atom is -0.397 e. The molecule has 0 saturated carbocycles. The maximum absolute atomic E-state index is 12.0. The lowest BCUT2D eigenvalue weighted by Crippen LogP contribution is -2.19. The van der Waals surface area contributed by atoms with Crippen LogP contribution in [0, 0.1) is 20.6 Å². The Labute approximate surface area is 101 Å². The van der Waals surface area contributed by atoms with Crippen molar-refractivity contribution in [2.45, 2.75) is 13.3 Å². The van der Waals surface area contributed by atoms with Crippen LogP contribution < -0.4 is 4.74 Å². The molecule has 5 nitrogen and oxygen atoms in total. The average molecular weight is 348 g/mol. The third-order valence-corrected chi connectivity index (χ3v) is 2.82. The maximum Gasteiger partial charge on any atom is 0.573 e. The highest BCUT2D eigenvalue weighted by molar-refractivity contribution is 14.1. The molecule has 16 heavy (non-hydrogen) atoms. The van der Waals surface area contributed by atoms with Crippen LogP contribution in [-0.2, 0) is 0 Å². The Morgan fingerprint density at radius 1 is 1.56 bits per heavy atom. The van der Waals surface area contributed by atoms with E-state index in [-0.39, 0.29) is 9.26 Å². The number of alkyl halides is 3. The van der Waals surface area contributed by atoms with Crippen LogP contribution in [0.3, 0.4) is 0 Å². The van der Waals surface area contributed by atoms with Crippen LogP contribution in [-0.4, -0.2) is 16.3 Å². The summed E-state index contributed by atoms with van der Waals surface area (Å²) in [5.74, 6) is -0.828. The summed E-state index contributed by atoms with van der Waals surface area (Å²) in [6, 6.07) is 0. The Hall–Kier alpha value is -1.13. The third-order valence-electron chi connectivity index (χ3n) is 1.54. The zero-order chi connectivity index (χ0) is 12.5. The Balaban J connectivity index is 3.32. The molecule has 0 aliphatic carbocycles. The van der Waals surface area contributed by atoms with Crippen molar-refractivity contribution in [3.8, 4) is 5.75 Å². The molecule has 0 aromatic carbocycles. The van der Waals surface area contributed by atoms with E-state index in [4.69, 9.17) is 0 Å². The monoisotopic (exact) mass is 348 g/mol. The molecule has 0 saturated heterocycles. The molecule has 0 N–H and O–H groups in total. The molecular formula is C7H4F3IN2O3. The summed E-state index contributed by atoms with van der Waals surface area (Å²) in [6.45, 7) is 1.43. The second-order valence-electron chi connectivity index (χ2n) is 2.68. The largest absolute Gasteiger partial charge is 0.573 e. The Morgan fingerprint density at radius 3 is 2.56 bits per heavy atom. The van der Waals surface area contributed by atoms with Crippen LogP contribution >= 0.6 is 22.6 Å². The summed E-state index contributed by atoms with van der Waals surface area (Å²) in [6.07, 6.45) is -4.24. The molecule has 88 valence electrons. The van der Waals surface area contributed by atoms with Crippen molar-refractivity contribution in [1.82, 2.24) is 4.98 Å². The van der Waals surface area contributed by atoms with Crippen LogP contribution in [0.5, 0.6) is 5.75 Å². The molecule has 0 unspecified atom stereocenters. The number of rotatable bonds is 2. The van der Waals surface area contributed by atoms with E-state index in [0.717, 1.165) is 6.20 Å². The standard InChI is InChI=1S/C7H4F3IN2O3/c1-3-5(11)6(16-7(8,9)10)4(2-12-3)13(14)15/h2H,1H3. The first-order valence-electron chi connectivity index (χ1n) is 3.77. The quantitative estimate of drug-likeness (QED) is 0.468. The van der Waals surface area contributed by atoms with Crippen molar-refractivity contribution >= 4 is 28.3 Å². The topological polar surface area (TPSA) is 65.3 Å². The number of aryl methyl sites for hydroxylation is 1. The molecule has 0 spiro atoms. The molecule has 9 heteroatoms. The molecule has 1 heterocycles. The van der Waals surface area contributed by atoms with E-state index >= 15 is 0 Å². The van der Waals surface area contributed by atoms with Crippen molar-refractivity contribution in [3.63, 3.8) is 0 Å². The highest BCUT2D eigenvalue weighted by atomic mass is 127. The minimum atomic E-state index is -4.97. The Morgan fingerprint density at radius 2 is 2.12 bits per heavy atom. The summed E-state index contributed by atoms with van der Waals surface area (Å²) in [7, 11) is 0. The van der Waals surface area contributed by atoms with Crippen molar-refractivity contribution in [2.24, 2.45) is 0 Å². The van der Waals surface area contributed by atoms with E-state index in [1.807, 2.05) is 0 Å². The van der Waals surface area contributed by atoms with Crippen LogP contribution in [0.25, 0.3) is 0 Å². The molecule has 0 bridgehead atoms. The highest BCUT2D eigenvalue weighted by Crippen LogP contribution is 2.36. The predicted molar refractivity (Wildman–Crippen MR) is 55.0 cm³/mol. The SMILES string of the molecule is Cc1ncc([N+](=O)[O-])c(OC(F)(F)F)c1I. The number of ether oxygens (including phenoxy) is 1. The van der Waals surface area contributed by atoms with E-state index in [0.29, 0.717) is 0 Å². The van der Waals surface area contributed by atoms with Gasteiger partial charge in [-0.25, -0.2) is 0 Å². The van der Waals surface area contributed by atoms with Gasteiger partial charge in [-0.3, -0.25) is 15.1 Å². The van der Waals surface area contributed by atoms with Gasteiger partial charge in [-0.2, -0.15) is 0 Å². The summed E-state index contributed by atoms with van der Waals surface area (Å²) in [4.78, 5) is 13.1.